The number of rotatable bonds is 5. The zero-order chi connectivity index (χ0) is 20.2. The summed E-state index contributed by atoms with van der Waals surface area (Å²) in [4.78, 5) is 18.5. The molecule has 0 N–H and O–H groups in total. The lowest BCUT2D eigenvalue weighted by Gasteiger charge is -2.12. The molecule has 0 saturated carbocycles. The van der Waals surface area contributed by atoms with Crippen molar-refractivity contribution in [3.63, 3.8) is 0 Å². The van der Waals surface area contributed by atoms with Crippen LogP contribution in [0, 0.1) is 13.8 Å². The monoisotopic (exact) mass is 378 g/mol. The first-order valence-corrected chi connectivity index (χ1v) is 8.23. The quantitative estimate of drug-likeness (QED) is 0.422. The number of benzene rings is 2. The molecule has 0 fully saturated rings. The molecule has 0 atom stereocenters. The minimum absolute atomic E-state index is 0.234. The highest BCUT2D eigenvalue weighted by molar-refractivity contribution is 5.92. The maximum absolute atomic E-state index is 12.8. The average Bonchev–Trinajstić information content (AvgIpc) is 2.60. The van der Waals surface area contributed by atoms with Gasteiger partial charge in [0, 0.05) is 14.1 Å². The van der Waals surface area contributed by atoms with Crippen LogP contribution in [0.4, 0.5) is 18.9 Å². The maximum Gasteiger partial charge on any atom is 0.416 e. The van der Waals surface area contributed by atoms with Gasteiger partial charge in [-0.1, -0.05) is 12.1 Å². The number of halogens is 3. The van der Waals surface area contributed by atoms with E-state index in [-0.39, 0.29) is 12.2 Å². The van der Waals surface area contributed by atoms with Crippen molar-refractivity contribution in [3.05, 3.63) is 64.2 Å². The summed E-state index contributed by atoms with van der Waals surface area (Å²) in [6, 6.07) is 8.05. The van der Waals surface area contributed by atoms with E-state index < -0.39 is 17.7 Å². The van der Waals surface area contributed by atoms with Crippen molar-refractivity contribution in [2.45, 2.75) is 26.6 Å². The Morgan fingerprint density at radius 3 is 2.48 bits per heavy atom. The molecule has 2 aromatic rings. The van der Waals surface area contributed by atoms with Crippen molar-refractivity contribution in [3.8, 4) is 0 Å². The average molecular weight is 378 g/mol. The number of carbonyl (C=O) groups is 1. The molecule has 7 heteroatoms. The SMILES string of the molecule is Cc1c(N=CN(C)C)ccc(C(=O)OCc2cccc(C(F)(F)F)c2)c1C. The molecular weight excluding hydrogens is 357 g/mol. The molecule has 0 amide bonds. The second-order valence-electron chi connectivity index (χ2n) is 6.36. The fourth-order valence-electron chi connectivity index (χ4n) is 2.41. The van der Waals surface area contributed by atoms with E-state index in [1.54, 1.807) is 30.3 Å². The molecule has 0 heterocycles. The fourth-order valence-corrected chi connectivity index (χ4v) is 2.41. The van der Waals surface area contributed by atoms with Crippen LogP contribution in [0.2, 0.25) is 0 Å². The number of hydrogen-bond donors (Lipinski definition) is 0. The summed E-state index contributed by atoms with van der Waals surface area (Å²) in [5, 5.41) is 0. The van der Waals surface area contributed by atoms with E-state index in [1.165, 1.54) is 12.1 Å². The Kier molecular flexibility index (Phi) is 6.25. The smallest absolute Gasteiger partial charge is 0.416 e. The molecule has 0 aromatic heterocycles. The van der Waals surface area contributed by atoms with Gasteiger partial charge in [-0.05, 0) is 54.8 Å². The molecule has 2 rings (SSSR count). The first-order valence-electron chi connectivity index (χ1n) is 8.23. The topological polar surface area (TPSA) is 41.9 Å². The number of ether oxygens (including phenoxy) is 1. The Balaban J connectivity index is 2.14. The van der Waals surface area contributed by atoms with E-state index in [2.05, 4.69) is 4.99 Å². The van der Waals surface area contributed by atoms with Crippen LogP contribution < -0.4 is 0 Å². The predicted octanol–water partition coefficient (Wildman–Crippen LogP) is 4.90. The molecule has 0 spiro atoms. The van der Waals surface area contributed by atoms with E-state index in [9.17, 15) is 18.0 Å². The van der Waals surface area contributed by atoms with Gasteiger partial charge in [-0.15, -0.1) is 0 Å². The van der Waals surface area contributed by atoms with E-state index in [4.69, 9.17) is 4.74 Å². The van der Waals surface area contributed by atoms with E-state index >= 15 is 0 Å². The Hall–Kier alpha value is -2.83. The third-order valence-corrected chi connectivity index (χ3v) is 4.03. The Labute approximate surface area is 156 Å². The molecule has 0 aliphatic carbocycles. The van der Waals surface area contributed by atoms with Crippen LogP contribution >= 0.6 is 0 Å². The molecule has 0 radical (unpaired) electrons. The number of esters is 1. The van der Waals surface area contributed by atoms with Crippen molar-refractivity contribution in [1.82, 2.24) is 4.90 Å². The summed E-state index contributed by atoms with van der Waals surface area (Å²) in [7, 11) is 3.70. The lowest BCUT2D eigenvalue weighted by atomic mass is 10.0. The number of alkyl halides is 3. The summed E-state index contributed by atoms with van der Waals surface area (Å²) in [5.41, 5.74) is 2.16. The van der Waals surface area contributed by atoms with Crippen molar-refractivity contribution in [2.24, 2.45) is 4.99 Å². The number of aliphatic imine (C=N–C) groups is 1. The fraction of sp³-hybridized carbons (Fsp3) is 0.300. The van der Waals surface area contributed by atoms with Gasteiger partial charge in [0.2, 0.25) is 0 Å². The van der Waals surface area contributed by atoms with Crippen LogP contribution in [-0.2, 0) is 17.5 Å². The first-order chi connectivity index (χ1) is 12.6. The molecule has 0 saturated heterocycles. The maximum atomic E-state index is 12.8. The van der Waals surface area contributed by atoms with Crippen molar-refractivity contribution in [1.29, 1.82) is 0 Å². The number of nitrogens with zero attached hydrogens (tertiary/aromatic N) is 2. The first kappa shape index (κ1) is 20.5. The number of carbonyl (C=O) groups excluding carboxylic acids is 1. The van der Waals surface area contributed by atoms with Crippen molar-refractivity contribution < 1.29 is 22.7 Å². The zero-order valence-corrected chi connectivity index (χ0v) is 15.6. The van der Waals surface area contributed by atoms with Gasteiger partial charge >= 0.3 is 12.1 Å². The van der Waals surface area contributed by atoms with Crippen molar-refractivity contribution in [2.75, 3.05) is 14.1 Å². The van der Waals surface area contributed by atoms with Crippen LogP contribution in [0.3, 0.4) is 0 Å². The molecule has 2 aromatic carbocycles. The number of hydrogen-bond acceptors (Lipinski definition) is 3. The van der Waals surface area contributed by atoms with Crippen LogP contribution in [0.15, 0.2) is 41.4 Å². The second-order valence-corrected chi connectivity index (χ2v) is 6.36. The van der Waals surface area contributed by atoms with Crippen LogP contribution in [0.25, 0.3) is 0 Å². The molecule has 4 nitrogen and oxygen atoms in total. The largest absolute Gasteiger partial charge is 0.457 e. The summed E-state index contributed by atoms with van der Waals surface area (Å²) >= 11 is 0. The molecule has 0 aliphatic heterocycles. The summed E-state index contributed by atoms with van der Waals surface area (Å²) in [6.07, 6.45) is -2.77. The van der Waals surface area contributed by atoms with Crippen molar-refractivity contribution >= 4 is 18.0 Å². The lowest BCUT2D eigenvalue weighted by molar-refractivity contribution is -0.137. The minimum atomic E-state index is -4.43. The Bertz CT molecular complexity index is 859. The summed E-state index contributed by atoms with van der Waals surface area (Å²) < 4.78 is 43.5. The summed E-state index contributed by atoms with van der Waals surface area (Å²) in [5.74, 6) is -0.587. The normalized spacial score (nSPS) is 11.7. The Morgan fingerprint density at radius 2 is 1.85 bits per heavy atom. The molecule has 27 heavy (non-hydrogen) atoms. The van der Waals surface area contributed by atoms with Crippen LogP contribution in [0.5, 0.6) is 0 Å². The van der Waals surface area contributed by atoms with E-state index in [1.807, 2.05) is 21.0 Å². The Morgan fingerprint density at radius 1 is 1.15 bits per heavy atom. The van der Waals surface area contributed by atoms with Gasteiger partial charge in [-0.2, -0.15) is 13.2 Å². The molecule has 144 valence electrons. The van der Waals surface area contributed by atoms with Crippen LogP contribution in [-0.4, -0.2) is 31.3 Å². The van der Waals surface area contributed by atoms with Gasteiger partial charge in [-0.25, -0.2) is 9.79 Å². The van der Waals surface area contributed by atoms with Gasteiger partial charge in [-0.3, -0.25) is 0 Å². The van der Waals surface area contributed by atoms with Gasteiger partial charge in [0.05, 0.1) is 23.2 Å². The van der Waals surface area contributed by atoms with Gasteiger partial charge in [0.15, 0.2) is 0 Å². The third-order valence-electron chi connectivity index (χ3n) is 4.03. The molecular formula is C20H21F3N2O2. The molecule has 0 unspecified atom stereocenters. The molecule has 0 bridgehead atoms. The minimum Gasteiger partial charge on any atom is -0.457 e. The van der Waals surface area contributed by atoms with Gasteiger partial charge in [0.25, 0.3) is 0 Å². The highest BCUT2D eigenvalue weighted by Crippen LogP contribution is 2.30. The molecule has 0 aliphatic rings. The van der Waals surface area contributed by atoms with E-state index in [0.717, 1.165) is 28.9 Å². The highest BCUT2D eigenvalue weighted by Gasteiger charge is 2.30. The lowest BCUT2D eigenvalue weighted by Crippen LogP contribution is -2.10. The standard InChI is InChI=1S/C20H21F3N2O2/c1-13-14(2)18(24-12-25(3)4)9-8-17(13)19(26)27-11-15-6-5-7-16(10-15)20(21,22)23/h5-10,12H,11H2,1-4H3. The third kappa shape index (κ3) is 5.32. The van der Waals surface area contributed by atoms with Gasteiger partial charge < -0.3 is 9.64 Å². The predicted molar refractivity (Wildman–Crippen MR) is 98.3 cm³/mol. The summed E-state index contributed by atoms with van der Waals surface area (Å²) in [6.45, 7) is 3.40. The second kappa shape index (κ2) is 8.24. The zero-order valence-electron chi connectivity index (χ0n) is 15.6. The highest BCUT2D eigenvalue weighted by atomic mass is 19.4. The van der Waals surface area contributed by atoms with Crippen LogP contribution in [0.1, 0.15) is 32.6 Å². The van der Waals surface area contributed by atoms with Gasteiger partial charge in [0.1, 0.15) is 6.61 Å². The van der Waals surface area contributed by atoms with E-state index in [0.29, 0.717) is 5.56 Å².